The van der Waals surface area contributed by atoms with E-state index in [0.29, 0.717) is 22.5 Å². The minimum absolute atomic E-state index is 0.0409. The fourth-order valence-electron chi connectivity index (χ4n) is 6.87. The molecule has 2 aromatic carbocycles. The second-order valence-corrected chi connectivity index (χ2v) is 11.7. The lowest BCUT2D eigenvalue weighted by Crippen LogP contribution is -2.66. The Morgan fingerprint density at radius 2 is 1.77 bits per heavy atom. The molecule has 0 bridgehead atoms. The van der Waals surface area contributed by atoms with E-state index in [0.717, 1.165) is 12.1 Å². The van der Waals surface area contributed by atoms with E-state index < -0.39 is 53.2 Å². The molecule has 4 aliphatic rings. The third-order valence-electron chi connectivity index (χ3n) is 9.08. The highest BCUT2D eigenvalue weighted by molar-refractivity contribution is 5.97. The monoisotopic (exact) mass is 643 g/mol. The van der Waals surface area contributed by atoms with E-state index in [9.17, 15) is 23.6 Å². The number of halogens is 2. The first-order valence-corrected chi connectivity index (χ1v) is 15.0. The maximum atomic E-state index is 15.9. The molecule has 12 nitrogen and oxygen atoms in total. The van der Waals surface area contributed by atoms with Crippen molar-refractivity contribution in [2.24, 2.45) is 0 Å². The molecule has 2 saturated heterocycles. The van der Waals surface area contributed by atoms with Gasteiger partial charge in [-0.2, -0.15) is 0 Å². The Labute approximate surface area is 265 Å². The number of likely N-dealkylation sites (tertiary alicyclic amines) is 1. The predicted molar refractivity (Wildman–Crippen MR) is 161 cm³/mol. The summed E-state index contributed by atoms with van der Waals surface area (Å²) in [7, 11) is 0. The number of nitrogens with zero attached hydrogens (tertiary/aromatic N) is 5. The van der Waals surface area contributed by atoms with Gasteiger partial charge in [0.2, 0.25) is 17.1 Å². The predicted octanol–water partition coefficient (Wildman–Crippen LogP) is 3.18. The van der Waals surface area contributed by atoms with Gasteiger partial charge in [-0.05, 0) is 29.8 Å². The summed E-state index contributed by atoms with van der Waals surface area (Å²) in [4.78, 5) is 54.8. The Kier molecular flexibility index (Phi) is 6.65. The van der Waals surface area contributed by atoms with Gasteiger partial charge in [-0.1, -0.05) is 24.3 Å². The quantitative estimate of drug-likeness (QED) is 0.313. The number of fused-ring (bicyclic) bond motifs is 7. The highest BCUT2D eigenvalue weighted by Crippen LogP contribution is 2.46. The molecule has 4 aliphatic heterocycles. The zero-order chi connectivity index (χ0) is 32.6. The van der Waals surface area contributed by atoms with Crippen LogP contribution in [-0.4, -0.2) is 82.1 Å². The molecule has 47 heavy (non-hydrogen) atoms. The van der Waals surface area contributed by atoms with Gasteiger partial charge < -0.3 is 28.6 Å². The molecule has 240 valence electrons. The first kappa shape index (κ1) is 28.9. The molecule has 0 saturated carbocycles. The molecular weight excluding hydrogens is 616 g/mol. The van der Waals surface area contributed by atoms with Gasteiger partial charge in [-0.25, -0.2) is 13.6 Å². The number of aromatic nitrogens is 2. The molecule has 14 heteroatoms. The van der Waals surface area contributed by atoms with Crippen molar-refractivity contribution in [1.29, 1.82) is 0 Å². The summed E-state index contributed by atoms with van der Waals surface area (Å²) in [6, 6.07) is 13.7. The normalized spacial score (nSPS) is 19.8. The number of amides is 2. The van der Waals surface area contributed by atoms with Crippen LogP contribution >= 0.6 is 0 Å². The molecule has 0 N–H and O–H groups in total. The lowest BCUT2D eigenvalue weighted by Gasteiger charge is -2.51. The summed E-state index contributed by atoms with van der Waals surface area (Å²) >= 11 is 0. The molecule has 2 fully saturated rings. The van der Waals surface area contributed by atoms with Crippen LogP contribution in [-0.2, 0) is 14.3 Å². The summed E-state index contributed by atoms with van der Waals surface area (Å²) in [6.45, 7) is 2.18. The van der Waals surface area contributed by atoms with Crippen LogP contribution in [0.25, 0.3) is 16.9 Å². The van der Waals surface area contributed by atoms with E-state index in [1.165, 1.54) is 33.7 Å². The second kappa shape index (κ2) is 10.8. The minimum Gasteiger partial charge on any atom is -0.427 e. The van der Waals surface area contributed by atoms with Gasteiger partial charge in [-0.3, -0.25) is 24.1 Å². The van der Waals surface area contributed by atoms with Crippen LogP contribution in [0.5, 0.6) is 5.75 Å². The fourth-order valence-corrected chi connectivity index (χ4v) is 6.87. The molecule has 0 aliphatic carbocycles. The SMILES string of the molecule is CC(=O)N1CC(OC(=O)Oc2c3n(ccc2=O)N([C@@H]2c4ccccc4-n4cccc4-c4c2ccc(F)c4F)[C@@H]2COCCN2C3=O)C1. The Balaban J connectivity index is 1.30. The van der Waals surface area contributed by atoms with Crippen molar-refractivity contribution in [3.05, 3.63) is 106 Å². The van der Waals surface area contributed by atoms with Crippen LogP contribution in [0.4, 0.5) is 13.6 Å². The number of para-hydroxylation sites is 1. The third kappa shape index (κ3) is 4.42. The Morgan fingerprint density at radius 1 is 0.957 bits per heavy atom. The van der Waals surface area contributed by atoms with Gasteiger partial charge in [0.25, 0.3) is 5.91 Å². The van der Waals surface area contributed by atoms with Crippen LogP contribution in [0, 0.1) is 11.6 Å². The van der Waals surface area contributed by atoms with Crippen molar-refractivity contribution in [3.8, 4) is 22.7 Å². The van der Waals surface area contributed by atoms with Crippen LogP contribution < -0.4 is 15.2 Å². The Hall–Kier alpha value is -5.50. The lowest BCUT2D eigenvalue weighted by atomic mass is 9.91. The van der Waals surface area contributed by atoms with Gasteiger partial charge in [0.15, 0.2) is 17.3 Å². The largest absolute Gasteiger partial charge is 0.514 e. The number of rotatable bonds is 3. The number of ether oxygens (including phenoxy) is 3. The fraction of sp³-hybridized carbons (Fsp3) is 0.273. The van der Waals surface area contributed by atoms with Gasteiger partial charge in [0, 0.05) is 43.1 Å². The van der Waals surface area contributed by atoms with Crippen molar-refractivity contribution in [2.45, 2.75) is 25.2 Å². The summed E-state index contributed by atoms with van der Waals surface area (Å²) < 4.78 is 50.6. The summed E-state index contributed by atoms with van der Waals surface area (Å²) in [5.41, 5.74) is 1.29. The molecular formula is C33H27F2N5O7. The molecule has 2 amide bonds. The second-order valence-electron chi connectivity index (χ2n) is 11.7. The molecule has 4 aromatic rings. The number of benzene rings is 2. The zero-order valence-electron chi connectivity index (χ0n) is 25.0. The summed E-state index contributed by atoms with van der Waals surface area (Å²) in [5, 5.41) is 1.77. The molecule has 2 aromatic heterocycles. The highest BCUT2D eigenvalue weighted by atomic mass is 19.2. The third-order valence-corrected chi connectivity index (χ3v) is 9.08. The van der Waals surface area contributed by atoms with Crippen molar-refractivity contribution in [3.63, 3.8) is 0 Å². The van der Waals surface area contributed by atoms with Crippen molar-refractivity contribution < 1.29 is 37.4 Å². The van der Waals surface area contributed by atoms with E-state index in [4.69, 9.17) is 14.2 Å². The molecule has 0 unspecified atom stereocenters. The van der Waals surface area contributed by atoms with Crippen molar-refractivity contribution in [1.82, 2.24) is 19.0 Å². The number of hydrogen-bond acceptors (Lipinski definition) is 8. The van der Waals surface area contributed by atoms with Crippen molar-refractivity contribution >= 4 is 18.0 Å². The highest BCUT2D eigenvalue weighted by Gasteiger charge is 2.47. The van der Waals surface area contributed by atoms with Gasteiger partial charge in [0.1, 0.15) is 18.3 Å². The number of carbonyl (C=O) groups is 3. The Morgan fingerprint density at radius 3 is 2.57 bits per heavy atom. The molecule has 2 atom stereocenters. The minimum atomic E-state index is -1.20. The zero-order valence-corrected chi connectivity index (χ0v) is 25.0. The smallest absolute Gasteiger partial charge is 0.427 e. The number of carbonyl (C=O) groups excluding carboxylic acids is 3. The molecule has 0 radical (unpaired) electrons. The van der Waals surface area contributed by atoms with Crippen LogP contribution in [0.15, 0.2) is 71.8 Å². The van der Waals surface area contributed by atoms with Crippen LogP contribution in [0.2, 0.25) is 0 Å². The first-order chi connectivity index (χ1) is 22.7. The summed E-state index contributed by atoms with van der Waals surface area (Å²) in [6.07, 6.45) is 0.575. The number of pyridine rings is 1. The molecule has 6 heterocycles. The average Bonchev–Trinajstić information content (AvgIpc) is 3.48. The van der Waals surface area contributed by atoms with E-state index in [1.54, 1.807) is 27.9 Å². The maximum Gasteiger partial charge on any atom is 0.514 e. The van der Waals surface area contributed by atoms with Gasteiger partial charge in [-0.15, -0.1) is 0 Å². The van der Waals surface area contributed by atoms with Crippen LogP contribution in [0.1, 0.15) is 34.6 Å². The van der Waals surface area contributed by atoms with E-state index in [-0.39, 0.29) is 50.0 Å². The number of morpholine rings is 1. The average molecular weight is 644 g/mol. The van der Waals surface area contributed by atoms with Crippen molar-refractivity contribution in [2.75, 3.05) is 37.9 Å². The molecule has 8 rings (SSSR count). The lowest BCUT2D eigenvalue weighted by molar-refractivity contribution is -0.139. The molecule has 0 spiro atoms. The van der Waals surface area contributed by atoms with Gasteiger partial charge >= 0.3 is 6.16 Å². The maximum absolute atomic E-state index is 15.9. The van der Waals surface area contributed by atoms with E-state index in [2.05, 4.69) is 0 Å². The van der Waals surface area contributed by atoms with E-state index in [1.807, 2.05) is 24.3 Å². The van der Waals surface area contributed by atoms with Crippen LogP contribution in [0.3, 0.4) is 0 Å². The number of hydrogen-bond donors (Lipinski definition) is 0. The first-order valence-electron chi connectivity index (χ1n) is 15.0. The van der Waals surface area contributed by atoms with E-state index >= 15 is 4.39 Å². The topological polar surface area (TPSA) is 116 Å². The Bertz CT molecular complexity index is 2040. The standard InChI is InChI=1S/C33H27F2N5O7/c1-18(41)36-15-19(16-36)46-33(44)47-31-25(42)10-12-39-30(31)32(43)38-13-14-45-17-26(38)40(39)29-20-5-2-3-6-23(20)37-11-4-7-24(37)27-21(29)8-9-22(34)28(27)35/h2-12,19,26,29H,13-17H2,1H3/t26-,29-/m1/s1. The summed E-state index contributed by atoms with van der Waals surface area (Å²) in [5.74, 6) is -3.35. The van der Waals surface area contributed by atoms with Gasteiger partial charge in [0.05, 0.1) is 37.7 Å².